The maximum absolute atomic E-state index is 10.9. The minimum atomic E-state index is -1.17. The molecule has 82 valence electrons. The summed E-state index contributed by atoms with van der Waals surface area (Å²) in [6.07, 6.45) is -0.581. The van der Waals surface area contributed by atoms with Gasteiger partial charge in [0.25, 0.3) is 0 Å². The molecule has 0 unspecified atom stereocenters. The number of hydrogen-bond donors (Lipinski definition) is 2. The van der Waals surface area contributed by atoms with Gasteiger partial charge in [-0.3, -0.25) is 4.79 Å². The van der Waals surface area contributed by atoms with E-state index in [0.29, 0.717) is 6.61 Å². The van der Waals surface area contributed by atoms with E-state index in [1.165, 1.54) is 0 Å². The van der Waals surface area contributed by atoms with Crippen molar-refractivity contribution in [2.45, 2.75) is 25.7 Å². The smallest absolute Gasteiger partial charge is 0.407 e. The van der Waals surface area contributed by atoms with Crippen LogP contribution in [-0.4, -0.2) is 33.2 Å². The lowest BCUT2D eigenvalue weighted by atomic mass is 10.6. The Morgan fingerprint density at radius 2 is 1.93 bits per heavy atom. The number of alkyl carbamates (subject to hydrolysis) is 1. The number of rotatable bonds is 5. The van der Waals surface area contributed by atoms with E-state index in [1.807, 2.05) is 0 Å². The molecule has 0 atom stereocenters. The summed E-state index contributed by atoms with van der Waals surface area (Å²) in [7, 11) is -1.17. The number of nitrogens with one attached hydrogen (secondary N) is 1. The van der Waals surface area contributed by atoms with Crippen LogP contribution in [0.2, 0.25) is 25.7 Å². The van der Waals surface area contributed by atoms with E-state index in [-0.39, 0.29) is 6.54 Å². The second-order valence-electron chi connectivity index (χ2n) is 4.27. The summed E-state index contributed by atoms with van der Waals surface area (Å²) in [6, 6.07) is 0.914. The minimum absolute atomic E-state index is 0.175. The second kappa shape index (κ2) is 5.64. The lowest BCUT2D eigenvalue weighted by molar-refractivity contribution is -0.117. The summed E-state index contributed by atoms with van der Waals surface area (Å²) in [6.45, 7) is 6.80. The Hall–Kier alpha value is -1.04. The number of hydrogen-bond acceptors (Lipinski definition) is 3. The topological polar surface area (TPSA) is 81.4 Å². The Kier molecular flexibility index (Phi) is 5.22. The molecule has 0 saturated carbocycles. The van der Waals surface area contributed by atoms with Gasteiger partial charge in [0.2, 0.25) is 5.91 Å². The summed E-state index contributed by atoms with van der Waals surface area (Å²) < 4.78 is 4.85. The number of primary amides is 1. The van der Waals surface area contributed by atoms with Crippen LogP contribution in [0, 0.1) is 0 Å². The first kappa shape index (κ1) is 13.0. The Morgan fingerprint density at radius 3 is 2.36 bits per heavy atom. The average molecular weight is 218 g/mol. The van der Waals surface area contributed by atoms with Crippen LogP contribution in [0.4, 0.5) is 4.79 Å². The molecular formula is C8H18N2O3Si. The lowest BCUT2D eigenvalue weighted by Crippen LogP contribution is -2.34. The minimum Gasteiger partial charge on any atom is -0.450 e. The molecule has 3 N–H and O–H groups in total. The van der Waals surface area contributed by atoms with E-state index in [1.54, 1.807) is 0 Å². The van der Waals surface area contributed by atoms with Gasteiger partial charge in [-0.1, -0.05) is 19.6 Å². The zero-order valence-corrected chi connectivity index (χ0v) is 9.92. The summed E-state index contributed by atoms with van der Waals surface area (Å²) in [5.74, 6) is -0.577. The molecule has 0 spiro atoms. The summed E-state index contributed by atoms with van der Waals surface area (Å²) in [4.78, 5) is 21.2. The second-order valence-corrected chi connectivity index (χ2v) is 9.89. The highest BCUT2D eigenvalue weighted by atomic mass is 28.3. The van der Waals surface area contributed by atoms with Crippen molar-refractivity contribution in [1.82, 2.24) is 5.32 Å². The normalized spacial score (nSPS) is 10.8. The Bertz CT molecular complexity index is 213. The number of amides is 2. The SMILES string of the molecule is C[Si](C)(C)CCOC(=O)NCC(N)=O. The van der Waals surface area contributed by atoms with Crippen molar-refractivity contribution in [3.8, 4) is 0 Å². The average Bonchev–Trinajstić information content (AvgIpc) is 1.98. The van der Waals surface area contributed by atoms with E-state index < -0.39 is 20.1 Å². The van der Waals surface area contributed by atoms with Gasteiger partial charge in [0.1, 0.15) is 0 Å². The molecule has 0 aromatic heterocycles. The van der Waals surface area contributed by atoms with Gasteiger partial charge in [0, 0.05) is 8.07 Å². The first-order chi connectivity index (χ1) is 6.31. The number of ether oxygens (including phenoxy) is 1. The van der Waals surface area contributed by atoms with Crippen LogP contribution in [0.25, 0.3) is 0 Å². The molecule has 0 fully saturated rings. The molecule has 2 amide bonds. The van der Waals surface area contributed by atoms with Gasteiger partial charge in [-0.05, 0) is 6.04 Å². The van der Waals surface area contributed by atoms with Crippen LogP contribution in [0.5, 0.6) is 0 Å². The van der Waals surface area contributed by atoms with Gasteiger partial charge in [-0.15, -0.1) is 0 Å². The molecule has 5 nitrogen and oxygen atoms in total. The third-order valence-corrected chi connectivity index (χ3v) is 3.20. The maximum atomic E-state index is 10.9. The van der Waals surface area contributed by atoms with Crippen LogP contribution >= 0.6 is 0 Å². The monoisotopic (exact) mass is 218 g/mol. The van der Waals surface area contributed by atoms with Crippen molar-refractivity contribution in [3.63, 3.8) is 0 Å². The molecule has 0 heterocycles. The first-order valence-corrected chi connectivity index (χ1v) is 8.21. The van der Waals surface area contributed by atoms with Crippen molar-refractivity contribution in [1.29, 1.82) is 0 Å². The molecule has 0 aliphatic carbocycles. The Morgan fingerprint density at radius 1 is 1.36 bits per heavy atom. The molecule has 0 aromatic carbocycles. The highest BCUT2D eigenvalue weighted by Gasteiger charge is 2.13. The number of carbonyl (C=O) groups excluding carboxylic acids is 2. The fourth-order valence-corrected chi connectivity index (χ4v) is 1.37. The van der Waals surface area contributed by atoms with Gasteiger partial charge < -0.3 is 15.8 Å². The zero-order valence-electron chi connectivity index (χ0n) is 8.92. The molecule has 0 saturated heterocycles. The van der Waals surface area contributed by atoms with Crippen molar-refractivity contribution < 1.29 is 14.3 Å². The molecule has 14 heavy (non-hydrogen) atoms. The van der Waals surface area contributed by atoms with Crippen LogP contribution in [0.15, 0.2) is 0 Å². The zero-order chi connectivity index (χ0) is 11.2. The molecule has 0 aliphatic heterocycles. The highest BCUT2D eigenvalue weighted by molar-refractivity contribution is 6.76. The van der Waals surface area contributed by atoms with Gasteiger partial charge in [-0.25, -0.2) is 4.79 Å². The number of carbonyl (C=O) groups is 2. The molecule has 0 rings (SSSR count). The molecular weight excluding hydrogens is 200 g/mol. The molecule has 0 aliphatic rings. The Labute approximate surface area is 85.0 Å². The predicted molar refractivity (Wildman–Crippen MR) is 56.7 cm³/mol. The van der Waals surface area contributed by atoms with Crippen LogP contribution in [0.1, 0.15) is 0 Å². The third kappa shape index (κ3) is 9.05. The van der Waals surface area contributed by atoms with Crippen LogP contribution in [0.3, 0.4) is 0 Å². The van der Waals surface area contributed by atoms with E-state index >= 15 is 0 Å². The van der Waals surface area contributed by atoms with Gasteiger partial charge >= 0.3 is 6.09 Å². The molecule has 0 radical (unpaired) electrons. The maximum Gasteiger partial charge on any atom is 0.407 e. The van der Waals surface area contributed by atoms with Crippen molar-refractivity contribution in [2.75, 3.05) is 13.2 Å². The lowest BCUT2D eigenvalue weighted by Gasteiger charge is -2.15. The summed E-state index contributed by atoms with van der Waals surface area (Å²) >= 11 is 0. The third-order valence-electron chi connectivity index (χ3n) is 1.49. The Balaban J connectivity index is 3.50. The fourth-order valence-electron chi connectivity index (χ4n) is 0.660. The van der Waals surface area contributed by atoms with Gasteiger partial charge in [0.05, 0.1) is 13.2 Å². The summed E-state index contributed by atoms with van der Waals surface area (Å²) in [5, 5.41) is 2.25. The van der Waals surface area contributed by atoms with E-state index in [4.69, 9.17) is 10.5 Å². The molecule has 0 bridgehead atoms. The van der Waals surface area contributed by atoms with E-state index in [0.717, 1.165) is 6.04 Å². The van der Waals surface area contributed by atoms with Crippen LogP contribution in [-0.2, 0) is 9.53 Å². The fraction of sp³-hybridized carbons (Fsp3) is 0.750. The largest absolute Gasteiger partial charge is 0.450 e. The van der Waals surface area contributed by atoms with Crippen molar-refractivity contribution in [3.05, 3.63) is 0 Å². The van der Waals surface area contributed by atoms with Gasteiger partial charge in [-0.2, -0.15) is 0 Å². The highest BCUT2D eigenvalue weighted by Crippen LogP contribution is 2.07. The number of nitrogens with two attached hydrogens (primary N) is 1. The van der Waals surface area contributed by atoms with Crippen LogP contribution < -0.4 is 11.1 Å². The van der Waals surface area contributed by atoms with Gasteiger partial charge in [0.15, 0.2) is 0 Å². The molecule has 0 aromatic rings. The predicted octanol–water partition coefficient (Wildman–Crippen LogP) is 0.536. The summed E-state index contributed by atoms with van der Waals surface area (Å²) in [5.41, 5.74) is 4.84. The standard InChI is InChI=1S/C8H18N2O3Si/c1-14(2,3)5-4-13-8(12)10-6-7(9)11/h4-6H2,1-3H3,(H2,9,11)(H,10,12). The van der Waals surface area contributed by atoms with E-state index in [2.05, 4.69) is 25.0 Å². The van der Waals surface area contributed by atoms with Crippen molar-refractivity contribution >= 4 is 20.1 Å². The first-order valence-electron chi connectivity index (χ1n) is 4.50. The molecule has 6 heteroatoms. The van der Waals surface area contributed by atoms with Crippen molar-refractivity contribution in [2.24, 2.45) is 5.73 Å². The quantitative estimate of drug-likeness (QED) is 0.661. The van der Waals surface area contributed by atoms with E-state index in [9.17, 15) is 9.59 Å².